The number of amides is 1. The van der Waals surface area contributed by atoms with Gasteiger partial charge in [-0.1, -0.05) is 31.4 Å². The topological polar surface area (TPSA) is 55.1 Å². The zero-order valence-corrected chi connectivity index (χ0v) is 11.3. The second-order valence-electron chi connectivity index (χ2n) is 5.00. The molecule has 0 heterocycles. The first-order chi connectivity index (χ1) is 8.60. The number of hydrogen-bond donors (Lipinski definition) is 2. The lowest BCUT2D eigenvalue weighted by Gasteiger charge is -2.17. The number of nitrogens with two attached hydrogens (primary N) is 1. The molecule has 1 saturated carbocycles. The number of hydrogen-bond acceptors (Lipinski definition) is 2. The summed E-state index contributed by atoms with van der Waals surface area (Å²) in [6.45, 7) is 2.10. The Hall–Kier alpha value is -1.22. The molecular weight excluding hydrogens is 248 g/mol. The van der Waals surface area contributed by atoms with Crippen molar-refractivity contribution >= 4 is 23.2 Å². The molecule has 98 valence electrons. The minimum absolute atomic E-state index is 0.104. The Morgan fingerprint density at radius 1 is 1.56 bits per heavy atom. The van der Waals surface area contributed by atoms with Crippen LogP contribution in [0, 0.1) is 5.92 Å². The van der Waals surface area contributed by atoms with Gasteiger partial charge in [-0.05, 0) is 37.0 Å². The van der Waals surface area contributed by atoms with Gasteiger partial charge in [0.15, 0.2) is 0 Å². The van der Waals surface area contributed by atoms with Crippen LogP contribution in [0.2, 0.25) is 5.02 Å². The van der Waals surface area contributed by atoms with Crippen LogP contribution in [0.3, 0.4) is 0 Å². The van der Waals surface area contributed by atoms with E-state index in [0.29, 0.717) is 16.3 Å². The summed E-state index contributed by atoms with van der Waals surface area (Å²) in [7, 11) is 0. The van der Waals surface area contributed by atoms with E-state index in [4.69, 9.17) is 17.3 Å². The minimum atomic E-state index is -0.104. The average molecular weight is 267 g/mol. The molecule has 0 spiro atoms. The molecule has 0 radical (unpaired) electrons. The number of rotatable bonds is 5. The van der Waals surface area contributed by atoms with Crippen molar-refractivity contribution in [3.63, 3.8) is 0 Å². The predicted molar refractivity (Wildman–Crippen MR) is 74.8 cm³/mol. The second kappa shape index (κ2) is 5.61. The number of anilines is 1. The highest BCUT2D eigenvalue weighted by Crippen LogP contribution is 2.34. The lowest BCUT2D eigenvalue weighted by Crippen LogP contribution is -2.34. The van der Waals surface area contributed by atoms with Crippen molar-refractivity contribution in [1.82, 2.24) is 5.32 Å². The maximum atomic E-state index is 12.1. The molecule has 1 amide bonds. The van der Waals surface area contributed by atoms with Gasteiger partial charge in [-0.25, -0.2) is 0 Å². The number of benzene rings is 1. The van der Waals surface area contributed by atoms with Gasteiger partial charge >= 0.3 is 0 Å². The van der Waals surface area contributed by atoms with Gasteiger partial charge in [0.25, 0.3) is 5.91 Å². The highest BCUT2D eigenvalue weighted by Gasteiger charge is 2.25. The van der Waals surface area contributed by atoms with Crippen molar-refractivity contribution in [1.29, 1.82) is 0 Å². The van der Waals surface area contributed by atoms with Gasteiger partial charge in [-0.2, -0.15) is 0 Å². The van der Waals surface area contributed by atoms with Crippen molar-refractivity contribution in [3.8, 4) is 0 Å². The van der Waals surface area contributed by atoms with Gasteiger partial charge in [0.1, 0.15) is 0 Å². The van der Waals surface area contributed by atoms with Crippen LogP contribution in [-0.2, 0) is 0 Å². The molecular formula is C14H19ClN2O. The fourth-order valence-corrected chi connectivity index (χ4v) is 2.34. The summed E-state index contributed by atoms with van der Waals surface area (Å²) >= 11 is 6.03. The average Bonchev–Trinajstić information content (AvgIpc) is 3.11. The Balaban J connectivity index is 2.00. The van der Waals surface area contributed by atoms with Gasteiger partial charge in [0, 0.05) is 11.7 Å². The van der Waals surface area contributed by atoms with Crippen molar-refractivity contribution < 1.29 is 4.79 Å². The Morgan fingerprint density at radius 2 is 2.28 bits per heavy atom. The maximum Gasteiger partial charge on any atom is 0.253 e. The molecule has 0 aliphatic heterocycles. The van der Waals surface area contributed by atoms with Gasteiger partial charge in [0.2, 0.25) is 0 Å². The van der Waals surface area contributed by atoms with E-state index in [2.05, 4.69) is 12.2 Å². The quantitative estimate of drug-likeness (QED) is 0.804. The molecule has 3 nitrogen and oxygen atoms in total. The molecule has 1 aliphatic carbocycles. The van der Waals surface area contributed by atoms with Crippen LogP contribution in [0.4, 0.5) is 5.69 Å². The van der Waals surface area contributed by atoms with E-state index in [9.17, 15) is 4.79 Å². The van der Waals surface area contributed by atoms with Crippen LogP contribution in [0.25, 0.3) is 0 Å². The molecule has 18 heavy (non-hydrogen) atoms. The maximum absolute atomic E-state index is 12.1. The van der Waals surface area contributed by atoms with Crippen molar-refractivity contribution in [3.05, 3.63) is 28.8 Å². The Kier molecular flexibility index (Phi) is 4.12. The fourth-order valence-electron chi connectivity index (χ4n) is 2.06. The summed E-state index contributed by atoms with van der Waals surface area (Å²) in [5.41, 5.74) is 6.68. The second-order valence-corrected chi connectivity index (χ2v) is 5.40. The standard InChI is InChI=1S/C14H19ClN2O/c1-2-11(7-9-3-4-9)17-14(18)12-6-5-10(16)8-13(12)15/h5-6,8-9,11H,2-4,7,16H2,1H3,(H,17,18). The number of nitrogen functional groups attached to an aromatic ring is 1. The molecule has 2 rings (SSSR count). The number of carbonyl (C=O) groups is 1. The Bertz CT molecular complexity index is 443. The van der Waals surface area contributed by atoms with E-state index in [1.54, 1.807) is 18.2 Å². The smallest absolute Gasteiger partial charge is 0.253 e. The summed E-state index contributed by atoms with van der Waals surface area (Å²) in [4.78, 5) is 12.1. The molecule has 0 aromatic heterocycles. The van der Waals surface area contributed by atoms with E-state index in [1.807, 2.05) is 0 Å². The van der Waals surface area contributed by atoms with Crippen LogP contribution in [0.1, 0.15) is 43.0 Å². The summed E-state index contributed by atoms with van der Waals surface area (Å²) in [5, 5.41) is 3.46. The first-order valence-electron chi connectivity index (χ1n) is 6.46. The highest BCUT2D eigenvalue weighted by atomic mass is 35.5. The third kappa shape index (κ3) is 3.39. The summed E-state index contributed by atoms with van der Waals surface area (Å²) in [6, 6.07) is 5.23. The molecule has 3 N–H and O–H groups in total. The SMILES string of the molecule is CCC(CC1CC1)NC(=O)c1ccc(N)cc1Cl. The van der Waals surface area contributed by atoms with Crippen LogP contribution in [0.5, 0.6) is 0 Å². The van der Waals surface area contributed by atoms with E-state index in [1.165, 1.54) is 12.8 Å². The summed E-state index contributed by atoms with van der Waals surface area (Å²) < 4.78 is 0. The lowest BCUT2D eigenvalue weighted by atomic mass is 10.1. The van der Waals surface area contributed by atoms with Crippen LogP contribution in [0.15, 0.2) is 18.2 Å². The molecule has 0 saturated heterocycles. The molecule has 1 aliphatic rings. The molecule has 1 aromatic rings. The Morgan fingerprint density at radius 3 is 2.83 bits per heavy atom. The molecule has 1 fully saturated rings. The molecule has 4 heteroatoms. The molecule has 1 aromatic carbocycles. The largest absolute Gasteiger partial charge is 0.399 e. The van der Waals surface area contributed by atoms with E-state index < -0.39 is 0 Å². The van der Waals surface area contributed by atoms with Gasteiger partial charge in [0.05, 0.1) is 10.6 Å². The third-order valence-electron chi connectivity index (χ3n) is 3.38. The zero-order valence-electron chi connectivity index (χ0n) is 10.6. The van der Waals surface area contributed by atoms with Crippen LogP contribution < -0.4 is 11.1 Å². The first kappa shape index (κ1) is 13.2. The number of carbonyl (C=O) groups excluding carboxylic acids is 1. The predicted octanol–water partition coefficient (Wildman–Crippen LogP) is 3.23. The normalized spacial score (nSPS) is 16.3. The third-order valence-corrected chi connectivity index (χ3v) is 3.69. The van der Waals surface area contributed by atoms with Gasteiger partial charge in [-0.15, -0.1) is 0 Å². The first-order valence-corrected chi connectivity index (χ1v) is 6.83. The van der Waals surface area contributed by atoms with E-state index >= 15 is 0 Å². The zero-order chi connectivity index (χ0) is 13.1. The highest BCUT2D eigenvalue weighted by molar-refractivity contribution is 6.34. The summed E-state index contributed by atoms with van der Waals surface area (Å²) in [6.07, 6.45) is 4.63. The monoisotopic (exact) mass is 266 g/mol. The number of halogens is 1. The van der Waals surface area contributed by atoms with E-state index in [-0.39, 0.29) is 11.9 Å². The van der Waals surface area contributed by atoms with Crippen molar-refractivity contribution in [2.75, 3.05) is 5.73 Å². The number of nitrogens with one attached hydrogen (secondary N) is 1. The Labute approximate surface area is 113 Å². The molecule has 0 bridgehead atoms. The van der Waals surface area contributed by atoms with Gasteiger partial charge < -0.3 is 11.1 Å². The van der Waals surface area contributed by atoms with Crippen LogP contribution in [-0.4, -0.2) is 11.9 Å². The van der Waals surface area contributed by atoms with Crippen molar-refractivity contribution in [2.45, 2.75) is 38.6 Å². The lowest BCUT2D eigenvalue weighted by molar-refractivity contribution is 0.0933. The van der Waals surface area contributed by atoms with Crippen LogP contribution >= 0.6 is 11.6 Å². The van der Waals surface area contributed by atoms with Crippen molar-refractivity contribution in [2.24, 2.45) is 5.92 Å². The molecule has 1 atom stereocenters. The summed E-state index contributed by atoms with van der Waals surface area (Å²) in [5.74, 6) is 0.699. The molecule has 1 unspecified atom stereocenters. The fraction of sp³-hybridized carbons (Fsp3) is 0.500. The van der Waals surface area contributed by atoms with E-state index in [0.717, 1.165) is 18.8 Å². The van der Waals surface area contributed by atoms with Gasteiger partial charge in [-0.3, -0.25) is 4.79 Å². The minimum Gasteiger partial charge on any atom is -0.399 e.